The number of pyridine rings is 1. The molecule has 1 aromatic carbocycles. The van der Waals surface area contributed by atoms with Crippen LogP contribution in [0.2, 0.25) is 5.15 Å². The van der Waals surface area contributed by atoms with Crippen LogP contribution in [0.1, 0.15) is 37.8 Å². The average Bonchev–Trinajstić information content (AvgIpc) is 2.77. The topological polar surface area (TPSA) is 128 Å². The monoisotopic (exact) mass is 489 g/mol. The van der Waals surface area contributed by atoms with Gasteiger partial charge in [-0.1, -0.05) is 37.6 Å². The first-order chi connectivity index (χ1) is 16.2. The van der Waals surface area contributed by atoms with Gasteiger partial charge in [-0.15, -0.1) is 0 Å². The molecule has 0 fully saturated rings. The van der Waals surface area contributed by atoms with Crippen molar-refractivity contribution in [2.45, 2.75) is 45.7 Å². The smallest absolute Gasteiger partial charge is 0.231 e. The molecule has 0 aliphatic heterocycles. The predicted molar refractivity (Wildman–Crippen MR) is 132 cm³/mol. The molecule has 0 saturated carbocycles. The Morgan fingerprint density at radius 2 is 1.79 bits per heavy atom. The largest absolute Gasteiger partial charge is 0.493 e. The van der Waals surface area contributed by atoms with Gasteiger partial charge in [-0.25, -0.2) is 9.98 Å². The van der Waals surface area contributed by atoms with Crippen LogP contribution >= 0.6 is 11.6 Å². The van der Waals surface area contributed by atoms with Crippen molar-refractivity contribution in [2.75, 3.05) is 14.2 Å². The molecule has 2 rings (SSSR count). The Kier molecular flexibility index (Phi) is 10.6. The summed E-state index contributed by atoms with van der Waals surface area (Å²) in [6, 6.07) is 8.33. The van der Waals surface area contributed by atoms with E-state index in [4.69, 9.17) is 26.8 Å². The average molecular weight is 490 g/mol. The summed E-state index contributed by atoms with van der Waals surface area (Å²) in [6.07, 6.45) is 2.48. The van der Waals surface area contributed by atoms with Gasteiger partial charge in [0.05, 0.1) is 26.7 Å². The second kappa shape index (κ2) is 13.4. The zero-order valence-corrected chi connectivity index (χ0v) is 20.7. The van der Waals surface area contributed by atoms with Crippen LogP contribution in [-0.2, 0) is 22.6 Å². The Balaban J connectivity index is 1.95. The van der Waals surface area contributed by atoms with Gasteiger partial charge in [0.15, 0.2) is 17.5 Å². The molecule has 0 radical (unpaired) electrons. The number of hydrogen-bond donors (Lipinski definition) is 3. The van der Waals surface area contributed by atoms with Gasteiger partial charge >= 0.3 is 0 Å². The molecule has 0 aliphatic carbocycles. The third-order valence-corrected chi connectivity index (χ3v) is 5.07. The van der Waals surface area contributed by atoms with Crippen molar-refractivity contribution in [3.63, 3.8) is 0 Å². The van der Waals surface area contributed by atoms with Crippen molar-refractivity contribution in [1.82, 2.24) is 15.6 Å². The standard InChI is InChI=1S/C24H32ClN5O4/c1-15(2)9-18(12-22(31)28-14-17-6-8-21(25)27-13-17)29-24(26)30-23(32)11-16-5-7-19(33-3)20(10-16)34-4/h5-8,10,13,15,18H,9,11-12,14H2,1-4H3,(H,28,31)(H3,26,29,30,32)/t18-/m1/s1. The number of halogens is 1. The van der Waals surface area contributed by atoms with Crippen molar-refractivity contribution in [2.24, 2.45) is 16.6 Å². The number of benzene rings is 1. The predicted octanol–water partition coefficient (Wildman–Crippen LogP) is 2.85. The second-order valence-corrected chi connectivity index (χ2v) is 8.57. The highest BCUT2D eigenvalue weighted by atomic mass is 35.5. The van der Waals surface area contributed by atoms with E-state index in [0.29, 0.717) is 29.6 Å². The summed E-state index contributed by atoms with van der Waals surface area (Å²) in [7, 11) is 3.08. The molecule has 1 atom stereocenters. The van der Waals surface area contributed by atoms with Crippen LogP contribution < -0.4 is 25.8 Å². The van der Waals surface area contributed by atoms with Crippen LogP contribution in [-0.4, -0.2) is 43.0 Å². The molecule has 4 N–H and O–H groups in total. The third kappa shape index (κ3) is 9.27. The number of guanidine groups is 1. The molecular formula is C24H32ClN5O4. The normalized spacial score (nSPS) is 12.2. The molecule has 1 aromatic heterocycles. The maximum atomic E-state index is 12.5. The zero-order chi connectivity index (χ0) is 25.1. The van der Waals surface area contributed by atoms with Crippen LogP contribution in [0.25, 0.3) is 0 Å². The van der Waals surface area contributed by atoms with Gasteiger partial charge in [0.25, 0.3) is 0 Å². The van der Waals surface area contributed by atoms with Crippen LogP contribution in [0.4, 0.5) is 0 Å². The fraction of sp³-hybridized carbons (Fsp3) is 0.417. The number of aromatic nitrogens is 1. The van der Waals surface area contributed by atoms with E-state index in [1.54, 1.807) is 43.6 Å². The van der Waals surface area contributed by atoms with E-state index in [-0.39, 0.29) is 42.6 Å². The Hall–Kier alpha value is -3.33. The summed E-state index contributed by atoms with van der Waals surface area (Å²) in [5, 5.41) is 5.84. The minimum absolute atomic E-state index is 0.0224. The highest BCUT2D eigenvalue weighted by Gasteiger charge is 2.16. The first kappa shape index (κ1) is 26.9. The first-order valence-corrected chi connectivity index (χ1v) is 11.3. The minimum atomic E-state index is -0.371. The van der Waals surface area contributed by atoms with Crippen LogP contribution in [0.3, 0.4) is 0 Å². The lowest BCUT2D eigenvalue weighted by atomic mass is 10.0. The van der Waals surface area contributed by atoms with Gasteiger partial charge < -0.3 is 20.5 Å². The number of carbonyl (C=O) groups excluding carboxylic acids is 2. The zero-order valence-electron chi connectivity index (χ0n) is 19.9. The van der Waals surface area contributed by atoms with E-state index in [0.717, 1.165) is 11.1 Å². The Morgan fingerprint density at radius 1 is 1.09 bits per heavy atom. The van der Waals surface area contributed by atoms with Crippen molar-refractivity contribution in [3.8, 4) is 11.5 Å². The lowest BCUT2D eigenvalue weighted by molar-refractivity contribution is -0.121. The molecule has 0 spiro atoms. The third-order valence-electron chi connectivity index (χ3n) is 4.84. The molecule has 1 heterocycles. The molecule has 34 heavy (non-hydrogen) atoms. The molecule has 2 amide bonds. The van der Waals surface area contributed by atoms with Gasteiger partial charge in [-0.3, -0.25) is 14.9 Å². The number of rotatable bonds is 11. The summed E-state index contributed by atoms with van der Waals surface area (Å²) in [5.74, 6) is 0.884. The lowest BCUT2D eigenvalue weighted by Gasteiger charge is -2.16. The molecule has 0 unspecified atom stereocenters. The fourth-order valence-electron chi connectivity index (χ4n) is 3.32. The van der Waals surface area contributed by atoms with E-state index in [1.165, 1.54) is 7.11 Å². The Bertz CT molecular complexity index is 995. The molecular weight excluding hydrogens is 458 g/mol. The number of ether oxygens (including phenoxy) is 2. The van der Waals surface area contributed by atoms with Gasteiger partial charge in [-0.05, 0) is 41.7 Å². The molecule has 2 aromatic rings. The number of carbonyl (C=O) groups is 2. The van der Waals surface area contributed by atoms with E-state index < -0.39 is 0 Å². The summed E-state index contributed by atoms with van der Waals surface area (Å²) in [4.78, 5) is 33.3. The number of nitrogens with one attached hydrogen (secondary N) is 2. The molecule has 0 bridgehead atoms. The number of aliphatic imine (C=N–C) groups is 1. The summed E-state index contributed by atoms with van der Waals surface area (Å²) < 4.78 is 10.5. The SMILES string of the molecule is COc1ccc(CC(=O)NC(N)=N[C@@H](CC(=O)NCc2ccc(Cl)nc2)CC(C)C)cc1OC. The van der Waals surface area contributed by atoms with Gasteiger partial charge in [0.1, 0.15) is 5.15 Å². The van der Waals surface area contributed by atoms with Crippen LogP contribution in [0, 0.1) is 5.92 Å². The molecule has 0 saturated heterocycles. The maximum absolute atomic E-state index is 12.5. The van der Waals surface area contributed by atoms with Crippen molar-refractivity contribution in [1.29, 1.82) is 0 Å². The number of nitrogens with two attached hydrogens (primary N) is 1. The fourth-order valence-corrected chi connectivity index (χ4v) is 3.43. The lowest BCUT2D eigenvalue weighted by Crippen LogP contribution is -2.39. The number of hydrogen-bond acceptors (Lipinski definition) is 6. The Labute approximate surface area is 205 Å². The van der Waals surface area contributed by atoms with Crippen LogP contribution in [0.5, 0.6) is 11.5 Å². The maximum Gasteiger partial charge on any atom is 0.231 e. The van der Waals surface area contributed by atoms with E-state index >= 15 is 0 Å². The molecule has 0 aliphatic rings. The van der Waals surface area contributed by atoms with Crippen molar-refractivity contribution >= 4 is 29.4 Å². The second-order valence-electron chi connectivity index (χ2n) is 8.18. The first-order valence-electron chi connectivity index (χ1n) is 10.9. The van der Waals surface area contributed by atoms with Crippen LogP contribution in [0.15, 0.2) is 41.5 Å². The highest BCUT2D eigenvalue weighted by Crippen LogP contribution is 2.27. The Morgan fingerprint density at radius 3 is 2.41 bits per heavy atom. The van der Waals surface area contributed by atoms with Crippen molar-refractivity contribution in [3.05, 3.63) is 52.8 Å². The van der Waals surface area contributed by atoms with E-state index in [1.807, 2.05) is 13.8 Å². The number of methoxy groups -OCH3 is 2. The van der Waals surface area contributed by atoms with E-state index in [2.05, 4.69) is 20.6 Å². The van der Waals surface area contributed by atoms with Gasteiger partial charge in [-0.2, -0.15) is 0 Å². The molecule has 9 nitrogen and oxygen atoms in total. The highest BCUT2D eigenvalue weighted by molar-refractivity contribution is 6.29. The van der Waals surface area contributed by atoms with Gasteiger partial charge in [0, 0.05) is 19.2 Å². The summed E-state index contributed by atoms with van der Waals surface area (Å²) in [6.45, 7) is 4.40. The van der Waals surface area contributed by atoms with Crippen molar-refractivity contribution < 1.29 is 19.1 Å². The van der Waals surface area contributed by atoms with E-state index in [9.17, 15) is 9.59 Å². The number of amides is 2. The minimum Gasteiger partial charge on any atom is -0.493 e. The quantitative estimate of drug-likeness (QED) is 0.253. The molecule has 10 heteroatoms. The van der Waals surface area contributed by atoms with Gasteiger partial charge in [0.2, 0.25) is 11.8 Å². The summed E-state index contributed by atoms with van der Waals surface area (Å²) >= 11 is 5.78. The molecule has 184 valence electrons. The number of nitrogens with zero attached hydrogens (tertiary/aromatic N) is 2. The summed E-state index contributed by atoms with van der Waals surface area (Å²) in [5.41, 5.74) is 7.55.